The molecule has 42 heavy (non-hydrogen) atoms. The average molecular weight is 585 g/mol. The highest BCUT2D eigenvalue weighted by Crippen LogP contribution is 2.21. The molecule has 10 heteroatoms. The lowest BCUT2D eigenvalue weighted by atomic mass is 10.1. The van der Waals surface area contributed by atoms with Crippen molar-refractivity contribution in [2.45, 2.75) is 13.0 Å². The van der Waals surface area contributed by atoms with Crippen molar-refractivity contribution in [2.75, 3.05) is 23.7 Å². The summed E-state index contributed by atoms with van der Waals surface area (Å²) in [6.45, 7) is 0.622. The lowest BCUT2D eigenvalue weighted by molar-refractivity contribution is -0.123. The number of benzene rings is 4. The Morgan fingerprint density at radius 2 is 1.45 bits per heavy atom. The van der Waals surface area contributed by atoms with Gasteiger partial charge in [-0.05, 0) is 71.6 Å². The molecule has 0 atom stereocenters. The summed E-state index contributed by atoms with van der Waals surface area (Å²) in [6, 6.07) is 32.4. The number of nitrogens with one attached hydrogen (secondary N) is 2. The van der Waals surface area contributed by atoms with E-state index in [1.54, 1.807) is 48.5 Å². The lowest BCUT2D eigenvalue weighted by Crippen LogP contribution is -2.30. The molecule has 4 aromatic carbocycles. The molecule has 0 aromatic heterocycles. The molecule has 2 amide bonds. The van der Waals surface area contributed by atoms with Gasteiger partial charge in [-0.15, -0.1) is 0 Å². The number of rotatable bonds is 13. The monoisotopic (exact) mass is 584 g/mol. The van der Waals surface area contributed by atoms with E-state index in [4.69, 9.17) is 4.74 Å². The smallest absolute Gasteiger partial charge is 0.271 e. The van der Waals surface area contributed by atoms with Crippen LogP contribution in [0, 0.1) is 0 Å². The first kappa shape index (κ1) is 30.0. The van der Waals surface area contributed by atoms with Crippen molar-refractivity contribution in [2.24, 2.45) is 5.10 Å². The average Bonchev–Trinajstić information content (AvgIpc) is 3.00. The third kappa shape index (κ3) is 9.31. The number of hydrogen-bond acceptors (Lipinski definition) is 6. The molecule has 0 saturated carbocycles. The van der Waals surface area contributed by atoms with Crippen LogP contribution >= 0.6 is 0 Å². The molecule has 0 saturated heterocycles. The Kier molecular flexibility index (Phi) is 10.4. The Morgan fingerprint density at radius 1 is 0.833 bits per heavy atom. The van der Waals surface area contributed by atoms with Crippen molar-refractivity contribution in [3.63, 3.8) is 0 Å². The maximum Gasteiger partial charge on any atom is 0.271 e. The van der Waals surface area contributed by atoms with Gasteiger partial charge in [0.2, 0.25) is 10.0 Å². The van der Waals surface area contributed by atoms with Crippen LogP contribution in [-0.4, -0.2) is 45.9 Å². The molecule has 0 heterocycles. The summed E-state index contributed by atoms with van der Waals surface area (Å²) < 4.78 is 31.6. The van der Waals surface area contributed by atoms with E-state index in [1.807, 2.05) is 60.7 Å². The van der Waals surface area contributed by atoms with E-state index in [0.717, 1.165) is 29.4 Å². The standard InChI is InChI=1S/C32H32N4O5S/c1-42(39,40)36(23-27-10-6-3-7-11-27)29-16-14-28(15-17-29)32(38)35-34-22-26-12-18-30(19-13-26)41-24-31(37)33-21-20-25-8-4-2-5-9-25/h2-19,22H,20-21,23-24H2,1H3,(H,33,37)(H,35,38)/b34-22-. The fourth-order valence-corrected chi connectivity index (χ4v) is 4.89. The van der Waals surface area contributed by atoms with E-state index >= 15 is 0 Å². The molecule has 0 aliphatic rings. The summed E-state index contributed by atoms with van der Waals surface area (Å²) in [5.74, 6) is -0.109. The number of carbonyl (C=O) groups excluding carboxylic acids is 2. The third-order valence-corrected chi connectivity index (χ3v) is 7.34. The first-order chi connectivity index (χ1) is 20.3. The van der Waals surface area contributed by atoms with Gasteiger partial charge in [0.25, 0.3) is 11.8 Å². The fraction of sp³-hybridized carbons (Fsp3) is 0.156. The number of hydrazone groups is 1. The third-order valence-electron chi connectivity index (χ3n) is 6.20. The number of ether oxygens (including phenoxy) is 1. The molecule has 4 aromatic rings. The first-order valence-electron chi connectivity index (χ1n) is 13.3. The van der Waals surface area contributed by atoms with Gasteiger partial charge in [-0.1, -0.05) is 60.7 Å². The minimum absolute atomic E-state index is 0.0920. The molecule has 0 radical (unpaired) electrons. The Hall–Kier alpha value is -4.96. The van der Waals surface area contributed by atoms with Crippen molar-refractivity contribution < 1.29 is 22.7 Å². The van der Waals surface area contributed by atoms with Gasteiger partial charge in [0, 0.05) is 12.1 Å². The second kappa shape index (κ2) is 14.6. The summed E-state index contributed by atoms with van der Waals surface area (Å²) in [7, 11) is -3.54. The maximum atomic E-state index is 12.5. The Balaban J connectivity index is 1.23. The van der Waals surface area contributed by atoms with Crippen molar-refractivity contribution >= 4 is 33.7 Å². The van der Waals surface area contributed by atoms with Crippen LogP contribution in [0.3, 0.4) is 0 Å². The van der Waals surface area contributed by atoms with E-state index in [-0.39, 0.29) is 19.1 Å². The van der Waals surface area contributed by atoms with Crippen molar-refractivity contribution in [1.29, 1.82) is 0 Å². The predicted molar refractivity (Wildman–Crippen MR) is 164 cm³/mol. The van der Waals surface area contributed by atoms with Crippen LogP contribution in [0.15, 0.2) is 114 Å². The molecule has 2 N–H and O–H groups in total. The van der Waals surface area contributed by atoms with Crippen LogP contribution in [0.25, 0.3) is 0 Å². The van der Waals surface area contributed by atoms with Gasteiger partial charge in [0.15, 0.2) is 6.61 Å². The van der Waals surface area contributed by atoms with Crippen LogP contribution in [0.4, 0.5) is 5.69 Å². The lowest BCUT2D eigenvalue weighted by Gasteiger charge is -2.22. The molecular formula is C32H32N4O5S. The van der Waals surface area contributed by atoms with Crippen molar-refractivity contribution in [3.05, 3.63) is 131 Å². The Bertz CT molecular complexity index is 1590. The second-order valence-corrected chi connectivity index (χ2v) is 11.4. The summed E-state index contributed by atoms with van der Waals surface area (Å²) in [5, 5.41) is 6.83. The minimum Gasteiger partial charge on any atom is -0.484 e. The fourth-order valence-electron chi connectivity index (χ4n) is 4.00. The number of hydrogen-bond donors (Lipinski definition) is 2. The van der Waals surface area contributed by atoms with E-state index in [0.29, 0.717) is 23.5 Å². The van der Waals surface area contributed by atoms with Crippen LogP contribution in [0.5, 0.6) is 5.75 Å². The number of anilines is 1. The summed E-state index contributed by atoms with van der Waals surface area (Å²) >= 11 is 0. The topological polar surface area (TPSA) is 117 Å². The summed E-state index contributed by atoms with van der Waals surface area (Å²) in [5.41, 5.74) is 5.96. The van der Waals surface area contributed by atoms with E-state index in [1.165, 1.54) is 10.5 Å². The van der Waals surface area contributed by atoms with Crippen LogP contribution in [-0.2, 0) is 27.8 Å². The van der Waals surface area contributed by atoms with Crippen LogP contribution in [0.1, 0.15) is 27.0 Å². The first-order valence-corrected chi connectivity index (χ1v) is 15.1. The van der Waals surface area contributed by atoms with Gasteiger partial charge >= 0.3 is 0 Å². The summed E-state index contributed by atoms with van der Waals surface area (Å²) in [4.78, 5) is 24.6. The predicted octanol–water partition coefficient (Wildman–Crippen LogP) is 4.15. The Morgan fingerprint density at radius 3 is 2.07 bits per heavy atom. The second-order valence-electron chi connectivity index (χ2n) is 9.44. The minimum atomic E-state index is -3.54. The van der Waals surface area contributed by atoms with Crippen LogP contribution < -0.4 is 19.8 Å². The summed E-state index contributed by atoms with van der Waals surface area (Å²) in [6.07, 6.45) is 3.38. The van der Waals surface area contributed by atoms with Gasteiger partial charge in [0.05, 0.1) is 24.7 Å². The zero-order valence-electron chi connectivity index (χ0n) is 23.1. The van der Waals surface area contributed by atoms with Gasteiger partial charge in [0.1, 0.15) is 5.75 Å². The number of nitrogens with zero attached hydrogens (tertiary/aromatic N) is 2. The van der Waals surface area contributed by atoms with E-state index in [9.17, 15) is 18.0 Å². The number of amides is 2. The molecule has 216 valence electrons. The molecule has 0 aliphatic carbocycles. The van der Waals surface area contributed by atoms with Crippen LogP contribution in [0.2, 0.25) is 0 Å². The van der Waals surface area contributed by atoms with Gasteiger partial charge in [-0.3, -0.25) is 13.9 Å². The van der Waals surface area contributed by atoms with Gasteiger partial charge < -0.3 is 10.1 Å². The quantitative estimate of drug-likeness (QED) is 0.181. The molecule has 0 fully saturated rings. The number of carbonyl (C=O) groups is 2. The molecular weight excluding hydrogens is 552 g/mol. The van der Waals surface area contributed by atoms with Gasteiger partial charge in [-0.2, -0.15) is 5.10 Å². The van der Waals surface area contributed by atoms with Crippen molar-refractivity contribution in [3.8, 4) is 5.75 Å². The Labute approximate surface area is 245 Å². The highest BCUT2D eigenvalue weighted by molar-refractivity contribution is 7.92. The molecule has 0 spiro atoms. The highest BCUT2D eigenvalue weighted by atomic mass is 32.2. The van der Waals surface area contributed by atoms with Crippen molar-refractivity contribution in [1.82, 2.24) is 10.7 Å². The van der Waals surface area contributed by atoms with E-state index in [2.05, 4.69) is 15.8 Å². The molecule has 0 bridgehead atoms. The molecule has 4 rings (SSSR count). The largest absolute Gasteiger partial charge is 0.484 e. The zero-order chi connectivity index (χ0) is 29.8. The van der Waals surface area contributed by atoms with Gasteiger partial charge in [-0.25, -0.2) is 13.8 Å². The molecule has 0 unspecified atom stereocenters. The highest BCUT2D eigenvalue weighted by Gasteiger charge is 2.18. The van der Waals surface area contributed by atoms with E-state index < -0.39 is 15.9 Å². The zero-order valence-corrected chi connectivity index (χ0v) is 24.0. The number of sulfonamides is 1. The maximum absolute atomic E-state index is 12.5. The normalized spacial score (nSPS) is 11.2. The SMILES string of the molecule is CS(=O)(=O)N(Cc1ccccc1)c1ccc(C(=O)N/N=C\c2ccc(OCC(=O)NCCc3ccccc3)cc2)cc1. The molecule has 9 nitrogen and oxygen atoms in total. The molecule has 0 aliphatic heterocycles.